The van der Waals surface area contributed by atoms with E-state index in [-0.39, 0.29) is 6.61 Å². The Balaban J connectivity index is 2.65. The van der Waals surface area contributed by atoms with Gasteiger partial charge in [0.05, 0.1) is 0 Å². The molecule has 4 heteroatoms. The zero-order chi connectivity index (χ0) is 12.1. The van der Waals surface area contributed by atoms with Crippen LogP contribution in [-0.2, 0) is 4.79 Å². The van der Waals surface area contributed by atoms with E-state index in [1.54, 1.807) is 0 Å². The van der Waals surface area contributed by atoms with Crippen LogP contribution < -0.4 is 4.74 Å². The molecule has 0 amide bonds. The summed E-state index contributed by atoms with van der Waals surface area (Å²) in [4.78, 5) is 10.2. The lowest BCUT2D eigenvalue weighted by Crippen LogP contribution is -1.96. The molecule has 0 atom stereocenters. The molecule has 0 aliphatic rings. The van der Waals surface area contributed by atoms with Gasteiger partial charge in [-0.2, -0.15) is 0 Å². The molecular weight excluding hydrogens is 272 g/mol. The number of carboxylic acids is 1. The Morgan fingerprint density at radius 2 is 2.00 bits per heavy atom. The van der Waals surface area contributed by atoms with E-state index in [0.717, 1.165) is 27.4 Å². The summed E-state index contributed by atoms with van der Waals surface area (Å²) in [5, 5.41) is 8.39. The Hall–Kier alpha value is -1.29. The Labute approximate surface area is 103 Å². The molecule has 1 rings (SSSR count). The Morgan fingerprint density at radius 1 is 1.44 bits per heavy atom. The van der Waals surface area contributed by atoms with Crippen LogP contribution in [-0.4, -0.2) is 17.7 Å². The standard InChI is InChI=1S/C12H13BrO3/c1-8-6-10(7-9(2)12(8)13)16-5-3-4-11(14)15/h3-4,6-7H,5H2,1-2H3,(H,14,15)/b4-3+. The van der Waals surface area contributed by atoms with E-state index in [2.05, 4.69) is 15.9 Å². The highest BCUT2D eigenvalue weighted by Crippen LogP contribution is 2.26. The number of carbonyl (C=O) groups is 1. The number of aliphatic carboxylic acids is 1. The molecule has 1 N–H and O–H groups in total. The molecule has 0 aliphatic carbocycles. The topological polar surface area (TPSA) is 46.5 Å². The average molecular weight is 285 g/mol. The third-order valence-corrected chi connectivity index (χ3v) is 3.27. The molecule has 0 spiro atoms. The lowest BCUT2D eigenvalue weighted by molar-refractivity contribution is -0.131. The Bertz CT molecular complexity index is 401. The van der Waals surface area contributed by atoms with Gasteiger partial charge >= 0.3 is 5.97 Å². The van der Waals surface area contributed by atoms with Crippen molar-refractivity contribution in [1.29, 1.82) is 0 Å². The van der Waals surface area contributed by atoms with Crippen LogP contribution in [0.1, 0.15) is 11.1 Å². The van der Waals surface area contributed by atoms with Gasteiger partial charge in [0.2, 0.25) is 0 Å². The van der Waals surface area contributed by atoms with Crippen LogP contribution >= 0.6 is 15.9 Å². The summed E-state index contributed by atoms with van der Waals surface area (Å²) >= 11 is 3.47. The number of hydrogen-bond acceptors (Lipinski definition) is 2. The van der Waals surface area contributed by atoms with Crippen molar-refractivity contribution in [3.8, 4) is 5.75 Å². The largest absolute Gasteiger partial charge is 0.490 e. The van der Waals surface area contributed by atoms with Gasteiger partial charge in [-0.3, -0.25) is 0 Å². The molecule has 0 aromatic heterocycles. The summed E-state index contributed by atoms with van der Waals surface area (Å²) in [6.07, 6.45) is 2.54. The zero-order valence-electron chi connectivity index (χ0n) is 9.16. The van der Waals surface area contributed by atoms with Crippen LogP contribution in [0.3, 0.4) is 0 Å². The fourth-order valence-corrected chi connectivity index (χ4v) is 1.51. The number of rotatable bonds is 4. The van der Waals surface area contributed by atoms with Crippen molar-refractivity contribution in [2.75, 3.05) is 6.61 Å². The van der Waals surface area contributed by atoms with Crippen molar-refractivity contribution in [2.24, 2.45) is 0 Å². The summed E-state index contributed by atoms with van der Waals surface area (Å²) in [7, 11) is 0. The van der Waals surface area contributed by atoms with Gasteiger partial charge in [-0.05, 0) is 43.2 Å². The van der Waals surface area contributed by atoms with Crippen molar-refractivity contribution in [1.82, 2.24) is 0 Å². The smallest absolute Gasteiger partial charge is 0.328 e. The molecule has 0 saturated heterocycles. The Kier molecular flexibility index (Phi) is 4.55. The molecule has 0 fully saturated rings. The van der Waals surface area contributed by atoms with Crippen LogP contribution in [0.4, 0.5) is 0 Å². The molecule has 0 radical (unpaired) electrons. The maximum Gasteiger partial charge on any atom is 0.328 e. The van der Waals surface area contributed by atoms with E-state index in [4.69, 9.17) is 9.84 Å². The minimum Gasteiger partial charge on any atom is -0.490 e. The maximum atomic E-state index is 10.2. The number of carboxylic acid groups (broad SMARTS) is 1. The first kappa shape index (κ1) is 12.8. The lowest BCUT2D eigenvalue weighted by Gasteiger charge is -2.08. The van der Waals surface area contributed by atoms with Gasteiger partial charge in [-0.1, -0.05) is 15.9 Å². The quantitative estimate of drug-likeness (QED) is 0.865. The normalized spacial score (nSPS) is 10.7. The van der Waals surface area contributed by atoms with Gasteiger partial charge in [0.1, 0.15) is 12.4 Å². The van der Waals surface area contributed by atoms with E-state index >= 15 is 0 Å². The molecule has 0 saturated carbocycles. The minimum atomic E-state index is -0.966. The molecule has 0 bridgehead atoms. The summed E-state index contributed by atoms with van der Waals surface area (Å²) in [5.41, 5.74) is 2.19. The lowest BCUT2D eigenvalue weighted by atomic mass is 10.1. The molecule has 1 aromatic rings. The van der Waals surface area contributed by atoms with Gasteiger partial charge in [0.15, 0.2) is 0 Å². The second kappa shape index (κ2) is 5.70. The van der Waals surface area contributed by atoms with Crippen LogP contribution in [0, 0.1) is 13.8 Å². The van der Waals surface area contributed by atoms with Gasteiger partial charge in [0, 0.05) is 10.5 Å². The molecule has 3 nitrogen and oxygen atoms in total. The zero-order valence-corrected chi connectivity index (χ0v) is 10.7. The highest BCUT2D eigenvalue weighted by atomic mass is 79.9. The summed E-state index contributed by atoms with van der Waals surface area (Å²) in [5.74, 6) is -0.222. The summed E-state index contributed by atoms with van der Waals surface area (Å²) < 4.78 is 6.47. The number of aryl methyl sites for hydroxylation is 2. The predicted molar refractivity (Wildman–Crippen MR) is 65.9 cm³/mol. The van der Waals surface area contributed by atoms with Gasteiger partial charge in [-0.15, -0.1) is 0 Å². The van der Waals surface area contributed by atoms with Crippen molar-refractivity contribution < 1.29 is 14.6 Å². The van der Waals surface area contributed by atoms with E-state index in [0.29, 0.717) is 0 Å². The maximum absolute atomic E-state index is 10.2. The molecule has 16 heavy (non-hydrogen) atoms. The fraction of sp³-hybridized carbons (Fsp3) is 0.250. The average Bonchev–Trinajstić information content (AvgIpc) is 2.20. The minimum absolute atomic E-state index is 0.257. The molecule has 86 valence electrons. The van der Waals surface area contributed by atoms with Crippen molar-refractivity contribution in [3.63, 3.8) is 0 Å². The highest BCUT2D eigenvalue weighted by molar-refractivity contribution is 9.10. The van der Waals surface area contributed by atoms with E-state index in [1.165, 1.54) is 6.08 Å². The number of benzene rings is 1. The van der Waals surface area contributed by atoms with Crippen LogP contribution in [0.25, 0.3) is 0 Å². The summed E-state index contributed by atoms with van der Waals surface area (Å²) in [6.45, 7) is 4.22. The van der Waals surface area contributed by atoms with Crippen LogP contribution in [0.2, 0.25) is 0 Å². The van der Waals surface area contributed by atoms with Crippen molar-refractivity contribution in [3.05, 3.63) is 39.9 Å². The molecular formula is C12H13BrO3. The molecule has 0 heterocycles. The third kappa shape index (κ3) is 3.70. The fourth-order valence-electron chi connectivity index (χ4n) is 1.28. The number of hydrogen-bond donors (Lipinski definition) is 1. The first-order chi connectivity index (χ1) is 7.50. The third-order valence-electron chi connectivity index (χ3n) is 2.02. The number of halogens is 1. The van der Waals surface area contributed by atoms with Crippen LogP contribution in [0.15, 0.2) is 28.8 Å². The van der Waals surface area contributed by atoms with E-state index in [1.807, 2.05) is 26.0 Å². The van der Waals surface area contributed by atoms with Gasteiger partial charge in [0.25, 0.3) is 0 Å². The highest BCUT2D eigenvalue weighted by Gasteiger charge is 2.02. The van der Waals surface area contributed by atoms with Gasteiger partial charge in [-0.25, -0.2) is 4.79 Å². The summed E-state index contributed by atoms with van der Waals surface area (Å²) in [6, 6.07) is 3.82. The first-order valence-electron chi connectivity index (χ1n) is 4.79. The molecule has 0 aliphatic heterocycles. The Morgan fingerprint density at radius 3 is 2.50 bits per heavy atom. The molecule has 1 aromatic carbocycles. The monoisotopic (exact) mass is 284 g/mol. The van der Waals surface area contributed by atoms with E-state index < -0.39 is 5.97 Å². The number of ether oxygens (including phenoxy) is 1. The SMILES string of the molecule is Cc1cc(OC/C=C/C(=O)O)cc(C)c1Br. The van der Waals surface area contributed by atoms with Crippen LogP contribution in [0.5, 0.6) is 5.75 Å². The second-order valence-electron chi connectivity index (χ2n) is 3.42. The van der Waals surface area contributed by atoms with E-state index in [9.17, 15) is 4.79 Å². The molecule has 0 unspecified atom stereocenters. The van der Waals surface area contributed by atoms with Crippen molar-refractivity contribution >= 4 is 21.9 Å². The predicted octanol–water partition coefficient (Wildman–Crippen LogP) is 3.09. The second-order valence-corrected chi connectivity index (χ2v) is 4.22. The van der Waals surface area contributed by atoms with Gasteiger partial charge < -0.3 is 9.84 Å². The van der Waals surface area contributed by atoms with Crippen molar-refractivity contribution in [2.45, 2.75) is 13.8 Å². The first-order valence-corrected chi connectivity index (χ1v) is 5.59.